The molecule has 84 valence electrons. The first kappa shape index (κ1) is 12.1. The number of hydrogen-bond acceptors (Lipinski definition) is 3. The molecule has 16 heavy (non-hydrogen) atoms. The van der Waals surface area contributed by atoms with E-state index in [9.17, 15) is 4.79 Å². The van der Waals surface area contributed by atoms with Crippen LogP contribution in [-0.4, -0.2) is 36.4 Å². The van der Waals surface area contributed by atoms with Gasteiger partial charge in [-0.3, -0.25) is 4.79 Å². The Morgan fingerprint density at radius 3 is 2.75 bits per heavy atom. The smallest absolute Gasteiger partial charge is 0.254 e. The summed E-state index contributed by atoms with van der Waals surface area (Å²) in [6.45, 7) is 2.35. The zero-order valence-corrected chi connectivity index (χ0v) is 9.74. The summed E-state index contributed by atoms with van der Waals surface area (Å²) in [6, 6.07) is 3.52. The quantitative estimate of drug-likeness (QED) is 0.774. The second-order valence-electron chi connectivity index (χ2n) is 3.41. The maximum absolute atomic E-state index is 11.6. The van der Waals surface area contributed by atoms with E-state index >= 15 is 0 Å². The minimum atomic E-state index is -0.0487. The zero-order chi connectivity index (χ0) is 12.0. The minimum Gasteiger partial charge on any atom is -0.359 e. The number of nitrogens with zero attached hydrogens (tertiary/aromatic N) is 2. The highest BCUT2D eigenvalue weighted by atomic mass is 16.2. The Kier molecular flexibility index (Phi) is 4.34. The van der Waals surface area contributed by atoms with E-state index in [1.54, 1.807) is 39.3 Å². The number of aromatic nitrogens is 1. The Balaban J connectivity index is 2.66. The van der Waals surface area contributed by atoms with Crippen molar-refractivity contribution in [3.05, 3.63) is 23.9 Å². The van der Waals surface area contributed by atoms with Gasteiger partial charge in [-0.05, 0) is 19.1 Å². The van der Waals surface area contributed by atoms with Gasteiger partial charge in [0.2, 0.25) is 0 Å². The van der Waals surface area contributed by atoms with Gasteiger partial charge in [-0.25, -0.2) is 4.98 Å². The third kappa shape index (κ3) is 3.28. The Bertz CT molecular complexity index is 412. The predicted molar refractivity (Wildman–Crippen MR) is 64.2 cm³/mol. The third-order valence-electron chi connectivity index (χ3n) is 1.95. The highest BCUT2D eigenvalue weighted by molar-refractivity contribution is 5.93. The normalized spacial score (nSPS) is 8.94. The zero-order valence-electron chi connectivity index (χ0n) is 9.74. The fourth-order valence-electron chi connectivity index (χ4n) is 1.11. The van der Waals surface area contributed by atoms with Gasteiger partial charge in [0.1, 0.15) is 5.82 Å². The van der Waals surface area contributed by atoms with Crippen molar-refractivity contribution in [2.24, 2.45) is 0 Å². The summed E-state index contributed by atoms with van der Waals surface area (Å²) in [6.07, 6.45) is 1.56. The van der Waals surface area contributed by atoms with Crippen LogP contribution in [0.15, 0.2) is 18.3 Å². The minimum absolute atomic E-state index is 0.0487. The number of nitrogens with one attached hydrogen (secondary N) is 1. The van der Waals surface area contributed by atoms with Crippen LogP contribution in [-0.2, 0) is 0 Å². The van der Waals surface area contributed by atoms with Gasteiger partial charge in [0.25, 0.3) is 5.91 Å². The van der Waals surface area contributed by atoms with Gasteiger partial charge in [-0.1, -0.05) is 5.92 Å². The van der Waals surface area contributed by atoms with Crippen LogP contribution in [0.5, 0.6) is 0 Å². The average Bonchev–Trinajstić information content (AvgIpc) is 2.29. The van der Waals surface area contributed by atoms with E-state index in [1.807, 2.05) is 0 Å². The Hall–Kier alpha value is -2.02. The molecule has 1 aromatic rings. The maximum Gasteiger partial charge on any atom is 0.254 e. The summed E-state index contributed by atoms with van der Waals surface area (Å²) >= 11 is 0. The van der Waals surface area contributed by atoms with Crippen molar-refractivity contribution in [2.45, 2.75) is 6.92 Å². The Labute approximate surface area is 95.7 Å². The number of carbonyl (C=O) groups excluding carboxylic acids is 1. The van der Waals surface area contributed by atoms with Gasteiger partial charge in [0.05, 0.1) is 12.1 Å². The summed E-state index contributed by atoms with van der Waals surface area (Å²) in [5, 5.41) is 3.03. The number of anilines is 1. The van der Waals surface area contributed by atoms with Gasteiger partial charge in [-0.2, -0.15) is 0 Å². The molecule has 1 aromatic heterocycles. The van der Waals surface area contributed by atoms with Gasteiger partial charge in [-0.15, -0.1) is 5.92 Å². The lowest BCUT2D eigenvalue weighted by Crippen LogP contribution is -2.21. The van der Waals surface area contributed by atoms with E-state index in [1.165, 1.54) is 4.90 Å². The number of hydrogen-bond donors (Lipinski definition) is 1. The van der Waals surface area contributed by atoms with Gasteiger partial charge < -0.3 is 10.2 Å². The van der Waals surface area contributed by atoms with Crippen LogP contribution in [0.4, 0.5) is 5.82 Å². The van der Waals surface area contributed by atoms with Crippen LogP contribution in [0.25, 0.3) is 0 Å². The number of rotatable bonds is 3. The first-order valence-electron chi connectivity index (χ1n) is 4.96. The third-order valence-corrected chi connectivity index (χ3v) is 1.95. The van der Waals surface area contributed by atoms with E-state index in [0.29, 0.717) is 12.1 Å². The van der Waals surface area contributed by atoms with Crippen LogP contribution >= 0.6 is 0 Å². The molecule has 0 fully saturated rings. The van der Waals surface area contributed by atoms with Crippen molar-refractivity contribution in [2.75, 3.05) is 26.0 Å². The van der Waals surface area contributed by atoms with E-state index in [0.717, 1.165) is 5.82 Å². The van der Waals surface area contributed by atoms with E-state index < -0.39 is 0 Å². The molecule has 1 amide bonds. The molecule has 0 aliphatic heterocycles. The Morgan fingerprint density at radius 2 is 2.25 bits per heavy atom. The van der Waals surface area contributed by atoms with Gasteiger partial charge in [0.15, 0.2) is 0 Å². The lowest BCUT2D eigenvalue weighted by molar-refractivity contribution is 0.0827. The highest BCUT2D eigenvalue weighted by Gasteiger charge is 2.07. The molecule has 0 saturated heterocycles. The molecule has 0 spiro atoms. The van der Waals surface area contributed by atoms with Crippen molar-refractivity contribution in [3.63, 3.8) is 0 Å². The van der Waals surface area contributed by atoms with Crippen molar-refractivity contribution < 1.29 is 4.79 Å². The number of amides is 1. The number of carbonyl (C=O) groups is 1. The van der Waals surface area contributed by atoms with E-state index in [-0.39, 0.29) is 5.91 Å². The van der Waals surface area contributed by atoms with E-state index in [2.05, 4.69) is 22.1 Å². The monoisotopic (exact) mass is 217 g/mol. The van der Waals surface area contributed by atoms with Crippen LogP contribution in [0.1, 0.15) is 17.3 Å². The van der Waals surface area contributed by atoms with Crippen LogP contribution < -0.4 is 5.32 Å². The molecule has 0 unspecified atom stereocenters. The molecular weight excluding hydrogens is 202 g/mol. The Morgan fingerprint density at radius 1 is 1.50 bits per heavy atom. The van der Waals surface area contributed by atoms with Crippen molar-refractivity contribution >= 4 is 11.7 Å². The molecule has 0 atom stereocenters. The molecular formula is C12H15N3O. The first-order chi connectivity index (χ1) is 7.65. The summed E-state index contributed by atoms with van der Waals surface area (Å²) in [5.74, 6) is 6.33. The van der Waals surface area contributed by atoms with Crippen molar-refractivity contribution in [1.82, 2.24) is 9.88 Å². The average molecular weight is 217 g/mol. The first-order valence-corrected chi connectivity index (χ1v) is 4.96. The molecule has 4 nitrogen and oxygen atoms in total. The molecule has 0 aliphatic rings. The fraction of sp³-hybridized carbons (Fsp3) is 0.333. The van der Waals surface area contributed by atoms with Crippen LogP contribution in [0, 0.1) is 11.8 Å². The highest BCUT2D eigenvalue weighted by Crippen LogP contribution is 2.06. The van der Waals surface area contributed by atoms with E-state index in [4.69, 9.17) is 0 Å². The predicted octanol–water partition coefficient (Wildman–Crippen LogP) is 1.22. The largest absolute Gasteiger partial charge is 0.359 e. The molecule has 1 rings (SSSR count). The lowest BCUT2D eigenvalue weighted by Gasteiger charge is -2.10. The molecule has 0 aromatic carbocycles. The molecule has 4 heteroatoms. The topological polar surface area (TPSA) is 45.2 Å². The standard InChI is InChI=1S/C12H15N3O/c1-4-5-8-13-11-7-6-10(9-14-11)12(16)15(2)3/h6-7,9H,8H2,1-3H3,(H,13,14). The molecule has 1 N–H and O–H groups in total. The van der Waals surface area contributed by atoms with Crippen LogP contribution in [0.2, 0.25) is 0 Å². The summed E-state index contributed by atoms with van der Waals surface area (Å²) in [7, 11) is 3.43. The van der Waals surface area contributed by atoms with Crippen molar-refractivity contribution in [3.8, 4) is 11.8 Å². The maximum atomic E-state index is 11.6. The summed E-state index contributed by atoms with van der Waals surface area (Å²) in [4.78, 5) is 17.2. The second-order valence-corrected chi connectivity index (χ2v) is 3.41. The molecule has 0 saturated carbocycles. The number of pyridine rings is 1. The molecule has 0 radical (unpaired) electrons. The molecule has 0 aliphatic carbocycles. The summed E-state index contributed by atoms with van der Waals surface area (Å²) in [5.41, 5.74) is 0.581. The van der Waals surface area contributed by atoms with Gasteiger partial charge in [0, 0.05) is 20.3 Å². The fourth-order valence-corrected chi connectivity index (χ4v) is 1.11. The van der Waals surface area contributed by atoms with Gasteiger partial charge >= 0.3 is 0 Å². The molecule has 0 bridgehead atoms. The van der Waals surface area contributed by atoms with Crippen molar-refractivity contribution in [1.29, 1.82) is 0 Å². The summed E-state index contributed by atoms with van der Waals surface area (Å²) < 4.78 is 0. The second kappa shape index (κ2) is 5.76. The lowest BCUT2D eigenvalue weighted by atomic mass is 10.2. The van der Waals surface area contributed by atoms with Crippen LogP contribution in [0.3, 0.4) is 0 Å². The molecule has 1 heterocycles. The SMILES string of the molecule is CC#CCNc1ccc(C(=O)N(C)C)cn1.